The highest BCUT2D eigenvalue weighted by atomic mass is 19.3. The van der Waals surface area contributed by atoms with Crippen molar-refractivity contribution in [2.75, 3.05) is 13.2 Å². The first-order chi connectivity index (χ1) is 16.2. The van der Waals surface area contributed by atoms with Gasteiger partial charge in [-0.2, -0.15) is 0 Å². The Morgan fingerprint density at radius 3 is 2.26 bits per heavy atom. The second-order valence-electron chi connectivity index (χ2n) is 8.69. The van der Waals surface area contributed by atoms with Gasteiger partial charge < -0.3 is 20.1 Å². The van der Waals surface area contributed by atoms with Crippen molar-refractivity contribution in [1.82, 2.24) is 10.2 Å². The van der Waals surface area contributed by atoms with Gasteiger partial charge in [0.25, 0.3) is 5.92 Å². The number of hydrogen-bond acceptors (Lipinski definition) is 4. The van der Waals surface area contributed by atoms with Gasteiger partial charge >= 0.3 is 12.1 Å². The fourth-order valence-electron chi connectivity index (χ4n) is 4.80. The number of aliphatic carboxylic acids is 1. The van der Waals surface area contributed by atoms with E-state index in [-0.39, 0.29) is 18.9 Å². The van der Waals surface area contributed by atoms with Crippen LogP contribution in [0.1, 0.15) is 43.2 Å². The average molecular weight is 472 g/mol. The molecule has 34 heavy (non-hydrogen) atoms. The number of hydrogen-bond donors (Lipinski definition) is 2. The monoisotopic (exact) mass is 472 g/mol. The third kappa shape index (κ3) is 4.60. The van der Waals surface area contributed by atoms with Crippen molar-refractivity contribution in [2.24, 2.45) is 0 Å². The molecule has 1 fully saturated rings. The number of amides is 2. The normalized spacial score (nSPS) is 19.3. The molecule has 1 heterocycles. The van der Waals surface area contributed by atoms with E-state index < -0.39 is 48.9 Å². The van der Waals surface area contributed by atoms with Crippen molar-refractivity contribution in [3.63, 3.8) is 0 Å². The van der Waals surface area contributed by atoms with E-state index in [4.69, 9.17) is 4.74 Å². The largest absolute Gasteiger partial charge is 0.480 e. The average Bonchev–Trinajstić information content (AvgIpc) is 3.31. The van der Waals surface area contributed by atoms with Crippen molar-refractivity contribution in [3.05, 3.63) is 59.7 Å². The Hall–Kier alpha value is -3.49. The van der Waals surface area contributed by atoms with Gasteiger partial charge in [-0.3, -0.25) is 4.79 Å². The number of ether oxygens (including phenoxy) is 1. The number of nitrogens with zero attached hydrogens (tertiary/aromatic N) is 1. The Morgan fingerprint density at radius 2 is 1.71 bits per heavy atom. The van der Waals surface area contributed by atoms with E-state index in [1.165, 1.54) is 0 Å². The lowest BCUT2D eigenvalue weighted by molar-refractivity contribution is -0.149. The summed E-state index contributed by atoms with van der Waals surface area (Å²) in [6.07, 6.45) is -1.16. The number of benzene rings is 2. The molecule has 1 saturated heterocycles. The van der Waals surface area contributed by atoms with Crippen LogP contribution in [-0.2, 0) is 14.3 Å². The molecule has 7 nitrogen and oxygen atoms in total. The summed E-state index contributed by atoms with van der Waals surface area (Å²) in [5, 5.41) is 11.7. The maximum absolute atomic E-state index is 13.8. The number of alkyl carbamates (subject to hydrolysis) is 1. The molecule has 1 aliphatic carbocycles. The summed E-state index contributed by atoms with van der Waals surface area (Å²) < 4.78 is 33.1. The molecule has 1 aliphatic heterocycles. The molecule has 2 N–H and O–H groups in total. The van der Waals surface area contributed by atoms with Gasteiger partial charge in [0.2, 0.25) is 5.91 Å². The minimum atomic E-state index is -3.29. The van der Waals surface area contributed by atoms with Gasteiger partial charge in [-0.05, 0) is 28.7 Å². The Bertz CT molecular complexity index is 1060. The molecule has 2 aromatic rings. The molecule has 2 atom stereocenters. The highest BCUT2D eigenvalue weighted by molar-refractivity contribution is 5.90. The lowest BCUT2D eigenvalue weighted by atomic mass is 9.98. The fourth-order valence-corrected chi connectivity index (χ4v) is 4.80. The first-order valence-electron chi connectivity index (χ1n) is 11.2. The third-order valence-electron chi connectivity index (χ3n) is 6.35. The zero-order valence-electron chi connectivity index (χ0n) is 18.7. The van der Waals surface area contributed by atoms with Gasteiger partial charge in [-0.1, -0.05) is 61.9 Å². The minimum absolute atomic E-state index is 0.0342. The second kappa shape index (κ2) is 9.40. The first-order valence-corrected chi connectivity index (χ1v) is 11.2. The molecule has 2 aliphatic rings. The summed E-state index contributed by atoms with van der Waals surface area (Å²) in [6, 6.07) is 12.9. The number of carbonyl (C=O) groups excluding carboxylic acids is 2. The van der Waals surface area contributed by atoms with E-state index in [1.807, 2.05) is 48.5 Å². The van der Waals surface area contributed by atoms with Crippen LogP contribution in [0.5, 0.6) is 0 Å². The summed E-state index contributed by atoms with van der Waals surface area (Å²) in [6.45, 7) is 0.814. The van der Waals surface area contributed by atoms with Gasteiger partial charge in [0.05, 0.1) is 6.54 Å². The summed E-state index contributed by atoms with van der Waals surface area (Å²) in [4.78, 5) is 37.6. The predicted octanol–water partition coefficient (Wildman–Crippen LogP) is 4.01. The van der Waals surface area contributed by atoms with Gasteiger partial charge in [0, 0.05) is 12.3 Å². The summed E-state index contributed by atoms with van der Waals surface area (Å²) in [5.74, 6) is -5.81. The molecule has 0 radical (unpaired) electrons. The number of halogens is 2. The number of carboxylic acid groups (broad SMARTS) is 1. The first kappa shape index (κ1) is 23.7. The Balaban J connectivity index is 1.44. The number of rotatable bonds is 7. The predicted molar refractivity (Wildman–Crippen MR) is 120 cm³/mol. The highest BCUT2D eigenvalue weighted by Crippen LogP contribution is 2.44. The number of fused-ring (bicyclic) bond motifs is 3. The molecule has 180 valence electrons. The zero-order chi connectivity index (χ0) is 24.5. The number of nitrogens with one attached hydrogen (secondary N) is 1. The van der Waals surface area contributed by atoms with E-state index in [0.717, 1.165) is 22.3 Å². The number of carboxylic acids is 1. The SMILES string of the molecule is CCC[C@H](NC(=O)OCC1c2ccccc2-c2ccccc21)C(=O)N1CC(F)(F)C[C@H]1C(=O)O. The summed E-state index contributed by atoms with van der Waals surface area (Å²) >= 11 is 0. The quantitative estimate of drug-likeness (QED) is 0.635. The fraction of sp³-hybridized carbons (Fsp3) is 0.400. The molecular formula is C25H26F2N2O5. The van der Waals surface area contributed by atoms with Crippen LogP contribution in [0, 0.1) is 0 Å². The Labute approximate surface area is 195 Å². The number of carbonyl (C=O) groups is 3. The molecule has 2 aromatic carbocycles. The van der Waals surface area contributed by atoms with E-state index in [0.29, 0.717) is 11.3 Å². The van der Waals surface area contributed by atoms with Gasteiger partial charge in [0.15, 0.2) is 0 Å². The van der Waals surface area contributed by atoms with Crippen molar-refractivity contribution in [2.45, 2.75) is 50.1 Å². The summed E-state index contributed by atoms with van der Waals surface area (Å²) in [7, 11) is 0. The van der Waals surface area contributed by atoms with Crippen molar-refractivity contribution < 1.29 is 33.0 Å². The van der Waals surface area contributed by atoms with Crippen LogP contribution in [0.3, 0.4) is 0 Å². The standard InChI is InChI=1S/C25H26F2N2O5/c1-2-7-20(22(30)29-14-25(26,27)12-21(29)23(31)32)28-24(33)34-13-19-17-10-5-3-8-15(17)16-9-4-6-11-18(16)19/h3-6,8-11,19-21H,2,7,12-14H2,1H3,(H,28,33)(H,31,32)/t20-,21-/m0/s1. The molecule has 0 bridgehead atoms. The van der Waals surface area contributed by atoms with Crippen molar-refractivity contribution >= 4 is 18.0 Å². The molecule has 0 saturated carbocycles. The maximum atomic E-state index is 13.8. The van der Waals surface area contributed by atoms with Gasteiger partial charge in [-0.15, -0.1) is 0 Å². The third-order valence-corrected chi connectivity index (χ3v) is 6.35. The van der Waals surface area contributed by atoms with Gasteiger partial charge in [-0.25, -0.2) is 18.4 Å². The highest BCUT2D eigenvalue weighted by Gasteiger charge is 2.51. The van der Waals surface area contributed by atoms with E-state index >= 15 is 0 Å². The van der Waals surface area contributed by atoms with Crippen LogP contribution in [0.4, 0.5) is 13.6 Å². The lowest BCUT2D eigenvalue weighted by Crippen LogP contribution is -2.52. The zero-order valence-corrected chi connectivity index (χ0v) is 18.7. The number of alkyl halides is 2. The van der Waals surface area contributed by atoms with Crippen LogP contribution in [0.25, 0.3) is 11.1 Å². The summed E-state index contributed by atoms with van der Waals surface area (Å²) in [5.41, 5.74) is 4.20. The lowest BCUT2D eigenvalue weighted by Gasteiger charge is -2.26. The minimum Gasteiger partial charge on any atom is -0.480 e. The van der Waals surface area contributed by atoms with Crippen LogP contribution >= 0.6 is 0 Å². The second-order valence-corrected chi connectivity index (χ2v) is 8.69. The van der Waals surface area contributed by atoms with Crippen LogP contribution in [0.15, 0.2) is 48.5 Å². The van der Waals surface area contributed by atoms with Crippen molar-refractivity contribution in [3.8, 4) is 11.1 Å². The molecule has 2 amide bonds. The molecule has 4 rings (SSSR count). The van der Waals surface area contributed by atoms with Crippen LogP contribution in [-0.4, -0.2) is 59.1 Å². The van der Waals surface area contributed by atoms with E-state index in [2.05, 4.69) is 5.32 Å². The van der Waals surface area contributed by atoms with Gasteiger partial charge in [0.1, 0.15) is 18.7 Å². The topological polar surface area (TPSA) is 95.9 Å². The number of likely N-dealkylation sites (tertiary alicyclic amines) is 1. The molecule has 0 spiro atoms. The van der Waals surface area contributed by atoms with Crippen molar-refractivity contribution in [1.29, 1.82) is 0 Å². The molecule has 0 aromatic heterocycles. The molecule has 9 heteroatoms. The van der Waals surface area contributed by atoms with Crippen LogP contribution in [0.2, 0.25) is 0 Å². The van der Waals surface area contributed by atoms with E-state index in [9.17, 15) is 28.3 Å². The smallest absolute Gasteiger partial charge is 0.407 e. The molecular weight excluding hydrogens is 446 g/mol. The van der Waals surface area contributed by atoms with Crippen LogP contribution < -0.4 is 5.32 Å². The Kier molecular flexibility index (Phi) is 6.54. The maximum Gasteiger partial charge on any atom is 0.407 e. The Morgan fingerprint density at radius 1 is 1.12 bits per heavy atom. The molecule has 0 unspecified atom stereocenters. The van der Waals surface area contributed by atoms with E-state index in [1.54, 1.807) is 6.92 Å².